The Morgan fingerprint density at radius 3 is 1.90 bits per heavy atom. The van der Waals surface area contributed by atoms with Crippen LogP contribution in [0.4, 0.5) is 28.6 Å². The van der Waals surface area contributed by atoms with Gasteiger partial charge in [0.25, 0.3) is 0 Å². The normalized spacial score (nSPS) is 13.4. The van der Waals surface area contributed by atoms with E-state index in [0.717, 1.165) is 50.8 Å². The Hall–Kier alpha value is -4.41. The predicted octanol–water partition coefficient (Wildman–Crippen LogP) is 13.1. The van der Waals surface area contributed by atoms with Crippen LogP contribution in [-0.2, 0) is 38.6 Å². The second-order valence-corrected chi connectivity index (χ2v) is 15.7. The van der Waals surface area contributed by atoms with Crippen LogP contribution in [0, 0.1) is 12.1 Å². The molecule has 1 aromatic heterocycles. The van der Waals surface area contributed by atoms with Crippen LogP contribution in [-0.4, -0.2) is 4.98 Å². The molecule has 5 aromatic carbocycles. The first-order valence-electron chi connectivity index (χ1n) is 17.2. The molecule has 0 N–H and O–H groups in total. The average molecular weight is 836 g/mol. The van der Waals surface area contributed by atoms with Gasteiger partial charge in [-0.1, -0.05) is 139 Å². The number of nitrogens with zero attached hydrogens (tertiary/aromatic N) is 3. The molecule has 254 valence electrons. The van der Waals surface area contributed by atoms with Crippen LogP contribution in [0.2, 0.25) is 0 Å². The first-order chi connectivity index (χ1) is 23.3. The fourth-order valence-electron chi connectivity index (χ4n) is 6.75. The number of para-hydroxylation sites is 3. The standard InChI is InChI=1S/C46H44N3.Au/c1-44(2,3)34-26-31(25-33(28-34)38-19-16-21-40-43(38)48-41-22-13-12-20-39(41)46(40,7)8)32-27-35(45(4,5)6)30-37(29-32)49(36-17-10-9-11-18-36)42-23-14-15-24-47-42;/h9-24,26-28,30H,1-8H3;/q-3;+3. The number of anilines is 3. The zero-order valence-electron chi connectivity index (χ0n) is 30.2. The van der Waals surface area contributed by atoms with E-state index in [9.17, 15) is 0 Å². The van der Waals surface area contributed by atoms with E-state index in [-0.39, 0.29) is 38.6 Å². The molecule has 1 aliphatic rings. The van der Waals surface area contributed by atoms with E-state index in [4.69, 9.17) is 10.3 Å². The number of fused-ring (bicyclic) bond motifs is 2. The van der Waals surface area contributed by atoms with Gasteiger partial charge in [0.05, 0.1) is 0 Å². The molecule has 7 rings (SSSR count). The Balaban J connectivity index is 0.00000432. The smallest absolute Gasteiger partial charge is 0.663 e. The van der Waals surface area contributed by atoms with Crippen molar-refractivity contribution < 1.29 is 22.4 Å². The van der Waals surface area contributed by atoms with Crippen molar-refractivity contribution >= 4 is 28.6 Å². The maximum Gasteiger partial charge on any atom is 3.00 e. The fraction of sp³-hybridized carbons (Fsp3) is 0.239. The zero-order valence-corrected chi connectivity index (χ0v) is 32.4. The van der Waals surface area contributed by atoms with Crippen LogP contribution in [0.3, 0.4) is 0 Å². The van der Waals surface area contributed by atoms with Crippen molar-refractivity contribution in [2.24, 2.45) is 0 Å². The minimum atomic E-state index is -0.176. The molecule has 0 saturated carbocycles. The van der Waals surface area contributed by atoms with Gasteiger partial charge >= 0.3 is 22.4 Å². The topological polar surface area (TPSA) is 30.2 Å². The summed E-state index contributed by atoms with van der Waals surface area (Å²) in [5.74, 6) is 0.843. The molecule has 3 nitrogen and oxygen atoms in total. The minimum Gasteiger partial charge on any atom is -0.663 e. The minimum absolute atomic E-state index is 0. The van der Waals surface area contributed by atoms with Gasteiger partial charge in [0.1, 0.15) is 5.82 Å². The zero-order chi connectivity index (χ0) is 34.6. The molecular weight excluding hydrogens is 791 g/mol. The molecule has 50 heavy (non-hydrogen) atoms. The van der Waals surface area contributed by atoms with Crippen molar-refractivity contribution in [3.05, 3.63) is 161 Å². The SMILES string of the molecule is CC(C)(C)c1cc(-c2[c-]c(N(c3ccccc3)c3ccccn3)cc(C(C)(C)C)c2)[c-]c(-c2cccc3c2[N-]c2ccccc2C3(C)C)c1.[Au+3]. The number of hydrogen-bond donors (Lipinski definition) is 0. The number of benzene rings is 5. The summed E-state index contributed by atoms with van der Waals surface area (Å²) < 4.78 is 0. The molecule has 1 aliphatic heterocycles. The third kappa shape index (κ3) is 6.71. The van der Waals surface area contributed by atoms with E-state index < -0.39 is 0 Å². The Morgan fingerprint density at radius 2 is 1.22 bits per heavy atom. The molecule has 0 unspecified atom stereocenters. The quantitative estimate of drug-likeness (QED) is 0.128. The summed E-state index contributed by atoms with van der Waals surface area (Å²) in [4.78, 5) is 6.98. The molecule has 0 fully saturated rings. The molecule has 0 aliphatic carbocycles. The van der Waals surface area contributed by atoms with Gasteiger partial charge < -0.3 is 10.2 Å². The maximum atomic E-state index is 5.28. The largest absolute Gasteiger partial charge is 3.00 e. The van der Waals surface area contributed by atoms with Crippen molar-refractivity contribution in [3.8, 4) is 22.3 Å². The van der Waals surface area contributed by atoms with Crippen LogP contribution in [0.25, 0.3) is 27.6 Å². The van der Waals surface area contributed by atoms with E-state index in [1.807, 2.05) is 24.4 Å². The molecule has 0 spiro atoms. The predicted molar refractivity (Wildman–Crippen MR) is 206 cm³/mol. The van der Waals surface area contributed by atoms with Crippen LogP contribution in [0.5, 0.6) is 0 Å². The van der Waals surface area contributed by atoms with Gasteiger partial charge in [0.15, 0.2) is 0 Å². The second kappa shape index (κ2) is 13.4. The third-order valence-electron chi connectivity index (χ3n) is 9.69. The van der Waals surface area contributed by atoms with Crippen molar-refractivity contribution in [1.82, 2.24) is 4.98 Å². The number of pyridine rings is 1. The van der Waals surface area contributed by atoms with Gasteiger partial charge in [0, 0.05) is 17.3 Å². The fourth-order valence-corrected chi connectivity index (χ4v) is 6.75. The van der Waals surface area contributed by atoms with Crippen LogP contribution in [0.15, 0.2) is 121 Å². The van der Waals surface area contributed by atoms with E-state index in [1.165, 1.54) is 22.3 Å². The summed E-state index contributed by atoms with van der Waals surface area (Å²) in [6, 6.07) is 48.5. The van der Waals surface area contributed by atoms with Crippen molar-refractivity contribution in [2.45, 2.75) is 71.6 Å². The summed E-state index contributed by atoms with van der Waals surface area (Å²) in [5.41, 5.74) is 12.7. The molecular formula is C46H44AuN3. The second-order valence-electron chi connectivity index (χ2n) is 15.7. The Bertz CT molecular complexity index is 2100. The number of aromatic nitrogens is 1. The maximum absolute atomic E-state index is 5.28. The third-order valence-corrected chi connectivity index (χ3v) is 9.69. The van der Waals surface area contributed by atoms with E-state index in [2.05, 4.69) is 169 Å². The first-order valence-corrected chi connectivity index (χ1v) is 17.2. The summed E-state index contributed by atoms with van der Waals surface area (Å²) in [5, 5.41) is 5.28. The Morgan fingerprint density at radius 1 is 0.620 bits per heavy atom. The Labute approximate surface area is 314 Å². The van der Waals surface area contributed by atoms with Gasteiger partial charge in [0.2, 0.25) is 0 Å². The number of hydrogen-bond acceptors (Lipinski definition) is 2. The van der Waals surface area contributed by atoms with Crippen molar-refractivity contribution in [3.63, 3.8) is 0 Å². The van der Waals surface area contributed by atoms with Crippen LogP contribution < -0.4 is 4.90 Å². The first kappa shape index (κ1) is 35.4. The molecule has 4 heteroatoms. The summed E-state index contributed by atoms with van der Waals surface area (Å²) in [6.07, 6.45) is 1.85. The molecule has 0 atom stereocenters. The summed E-state index contributed by atoms with van der Waals surface area (Å²) in [7, 11) is 0. The van der Waals surface area contributed by atoms with E-state index in [1.54, 1.807) is 0 Å². The molecule has 0 saturated heterocycles. The number of rotatable bonds is 5. The van der Waals surface area contributed by atoms with Crippen molar-refractivity contribution in [1.29, 1.82) is 0 Å². The molecule has 0 amide bonds. The van der Waals surface area contributed by atoms with Gasteiger partial charge in [-0.3, -0.25) is 0 Å². The van der Waals surface area contributed by atoms with Crippen molar-refractivity contribution in [2.75, 3.05) is 4.90 Å². The average Bonchev–Trinajstić information content (AvgIpc) is 3.08. The van der Waals surface area contributed by atoms with Gasteiger partial charge in [-0.25, -0.2) is 10.5 Å². The molecule has 0 bridgehead atoms. The molecule has 6 aromatic rings. The van der Waals surface area contributed by atoms with Crippen LogP contribution >= 0.6 is 0 Å². The van der Waals surface area contributed by atoms with Gasteiger partial charge in [-0.15, -0.1) is 34.5 Å². The summed E-state index contributed by atoms with van der Waals surface area (Å²) >= 11 is 0. The van der Waals surface area contributed by atoms with Crippen LogP contribution in [0.1, 0.15) is 77.6 Å². The molecule has 0 radical (unpaired) electrons. The van der Waals surface area contributed by atoms with Gasteiger partial charge in [-0.2, -0.15) is 35.5 Å². The van der Waals surface area contributed by atoms with E-state index >= 15 is 0 Å². The summed E-state index contributed by atoms with van der Waals surface area (Å²) in [6.45, 7) is 18.2. The Kier molecular flexibility index (Phi) is 9.47. The monoisotopic (exact) mass is 835 g/mol. The van der Waals surface area contributed by atoms with Gasteiger partial charge in [-0.05, 0) is 40.8 Å². The van der Waals surface area contributed by atoms with E-state index in [0.29, 0.717) is 0 Å². The molecule has 2 heterocycles.